The Morgan fingerprint density at radius 2 is 2.13 bits per heavy atom. The number of nitrogens with zero attached hydrogens (tertiary/aromatic N) is 6. The molecule has 0 N–H and O–H groups in total. The number of carbonyl (C=O) groups excluding carboxylic acids is 1. The maximum absolute atomic E-state index is 13.1. The Kier molecular flexibility index (Phi) is 6.51. The molecule has 1 fully saturated rings. The number of hydrogen-bond donors (Lipinski definition) is 0. The molecule has 3 aromatic rings. The number of allylic oxidation sites excluding steroid dienone is 1. The van der Waals surface area contributed by atoms with Crippen molar-refractivity contribution >= 4 is 17.4 Å². The fraction of sp³-hybridized carbons (Fsp3) is 0.464. The van der Waals surface area contributed by atoms with Gasteiger partial charge < -0.3 is 14.5 Å². The molecule has 8 nitrogen and oxygen atoms in total. The molecular weight excluding hydrogens is 490 g/mol. The Labute approximate surface area is 220 Å². The molecule has 200 valence electrons. The van der Waals surface area contributed by atoms with Crippen LogP contribution in [-0.4, -0.2) is 63.1 Å². The minimum Gasteiger partial charge on any atom is -0.379 e. The molecule has 0 bridgehead atoms. The van der Waals surface area contributed by atoms with Gasteiger partial charge in [-0.15, -0.1) is 0 Å². The van der Waals surface area contributed by atoms with Crippen LogP contribution in [0.1, 0.15) is 36.2 Å². The number of rotatable bonds is 5. The number of anilines is 2. The molecule has 1 aromatic carbocycles. The van der Waals surface area contributed by atoms with E-state index in [1.165, 1.54) is 0 Å². The third-order valence-corrected chi connectivity index (χ3v) is 7.85. The number of hydrogen-bond acceptors (Lipinski definition) is 5. The molecule has 2 atom stereocenters. The van der Waals surface area contributed by atoms with Crippen molar-refractivity contribution in [2.45, 2.75) is 45.2 Å². The topological polar surface area (TPSA) is 68.4 Å². The molecule has 10 heteroatoms. The van der Waals surface area contributed by atoms with E-state index in [-0.39, 0.29) is 17.9 Å². The van der Waals surface area contributed by atoms with Crippen molar-refractivity contribution in [3.63, 3.8) is 0 Å². The summed E-state index contributed by atoms with van der Waals surface area (Å²) in [6.45, 7) is 4.61. The number of alkyl halides is 2. The monoisotopic (exact) mass is 522 g/mol. The lowest BCUT2D eigenvalue weighted by Crippen LogP contribution is -2.36. The molecule has 3 aliphatic heterocycles. The van der Waals surface area contributed by atoms with Gasteiger partial charge in [0.25, 0.3) is 6.43 Å². The van der Waals surface area contributed by atoms with E-state index in [2.05, 4.69) is 32.9 Å². The van der Waals surface area contributed by atoms with Crippen molar-refractivity contribution in [1.29, 1.82) is 0 Å². The van der Waals surface area contributed by atoms with Gasteiger partial charge in [0.15, 0.2) is 5.82 Å². The highest BCUT2D eigenvalue weighted by Gasteiger charge is 2.35. The number of fused-ring (bicyclic) bond motifs is 2. The van der Waals surface area contributed by atoms with Gasteiger partial charge in [0.1, 0.15) is 0 Å². The highest BCUT2D eigenvalue weighted by molar-refractivity contribution is 5.76. The lowest BCUT2D eigenvalue weighted by molar-refractivity contribution is -0.129. The fourth-order valence-electron chi connectivity index (χ4n) is 5.94. The molecule has 3 aliphatic rings. The standard InChI is InChI=1S/C28H32F2N6O2/c1-18(37)34-9-7-26-24(16-34)28(32-36(26)23-8-10-38-17-23)35-14-19(3-6-27(29)30)11-21-12-20(4-5-25(21)35)22-13-31-33(2)15-22/h3-6,12-13,15,19,23,27H,7-11,14,16-17H2,1-2H3/b6-3+/t19?,23-/m0/s1. The van der Waals surface area contributed by atoms with Crippen LogP contribution >= 0.6 is 0 Å². The first-order chi connectivity index (χ1) is 18.4. The van der Waals surface area contributed by atoms with Crippen LogP contribution in [-0.2, 0) is 36.0 Å². The van der Waals surface area contributed by atoms with Gasteiger partial charge in [0.05, 0.1) is 25.4 Å². The van der Waals surface area contributed by atoms with Gasteiger partial charge >= 0.3 is 0 Å². The number of aromatic nitrogens is 4. The van der Waals surface area contributed by atoms with Crippen LogP contribution in [0.4, 0.5) is 20.3 Å². The molecule has 0 saturated carbocycles. The normalized spacial score (nSPS) is 21.4. The summed E-state index contributed by atoms with van der Waals surface area (Å²) in [5.41, 5.74) is 6.33. The van der Waals surface area contributed by atoms with Crippen molar-refractivity contribution in [2.24, 2.45) is 13.0 Å². The maximum Gasteiger partial charge on any atom is 0.257 e. The summed E-state index contributed by atoms with van der Waals surface area (Å²) < 4.78 is 35.8. The van der Waals surface area contributed by atoms with Crippen LogP contribution in [0.2, 0.25) is 0 Å². The van der Waals surface area contributed by atoms with E-state index >= 15 is 0 Å². The van der Waals surface area contributed by atoms with Crippen molar-refractivity contribution in [2.75, 3.05) is 31.2 Å². The highest BCUT2D eigenvalue weighted by Crippen LogP contribution is 2.41. The van der Waals surface area contributed by atoms with Crippen LogP contribution in [0, 0.1) is 5.92 Å². The summed E-state index contributed by atoms with van der Waals surface area (Å²) in [5, 5.41) is 9.44. The molecule has 0 aliphatic carbocycles. The summed E-state index contributed by atoms with van der Waals surface area (Å²) in [5.74, 6) is 0.739. The van der Waals surface area contributed by atoms with Gasteiger partial charge in [-0.25, -0.2) is 8.78 Å². The minimum atomic E-state index is -2.50. The van der Waals surface area contributed by atoms with E-state index < -0.39 is 6.43 Å². The van der Waals surface area contributed by atoms with E-state index in [1.54, 1.807) is 17.7 Å². The lowest BCUT2D eigenvalue weighted by atomic mass is 9.89. The first-order valence-corrected chi connectivity index (χ1v) is 13.2. The quantitative estimate of drug-likeness (QED) is 0.468. The second-order valence-corrected chi connectivity index (χ2v) is 10.4. The first kappa shape index (κ1) is 24.8. The van der Waals surface area contributed by atoms with E-state index in [0.29, 0.717) is 39.3 Å². The number of ether oxygens (including phenoxy) is 1. The smallest absolute Gasteiger partial charge is 0.257 e. The summed E-state index contributed by atoms with van der Waals surface area (Å²) in [4.78, 5) is 16.3. The predicted octanol–water partition coefficient (Wildman–Crippen LogP) is 4.28. The van der Waals surface area contributed by atoms with Gasteiger partial charge in [-0.2, -0.15) is 10.2 Å². The second kappa shape index (κ2) is 9.98. The number of amides is 1. The van der Waals surface area contributed by atoms with E-state index in [0.717, 1.165) is 58.4 Å². The lowest BCUT2D eigenvalue weighted by Gasteiger charge is -2.35. The molecule has 2 aromatic heterocycles. The number of carbonyl (C=O) groups is 1. The SMILES string of the molecule is CC(=O)N1CCc2c(c(N3CC(/C=C/C(F)F)Cc4cc(-c5cnn(C)c5)ccc43)nn2[C@H]2CCOC2)C1. The molecule has 0 radical (unpaired) electrons. The molecule has 6 rings (SSSR count). The minimum absolute atomic E-state index is 0.0384. The molecule has 38 heavy (non-hydrogen) atoms. The number of halogens is 2. The third-order valence-electron chi connectivity index (χ3n) is 7.85. The zero-order chi connectivity index (χ0) is 26.4. The first-order valence-electron chi connectivity index (χ1n) is 13.2. The zero-order valence-corrected chi connectivity index (χ0v) is 21.7. The van der Waals surface area contributed by atoms with Crippen molar-refractivity contribution in [1.82, 2.24) is 24.5 Å². The van der Waals surface area contributed by atoms with Gasteiger partial charge in [0, 0.05) is 68.8 Å². The van der Waals surface area contributed by atoms with Crippen LogP contribution in [0.3, 0.4) is 0 Å². The highest BCUT2D eigenvalue weighted by atomic mass is 19.3. The van der Waals surface area contributed by atoms with Crippen LogP contribution in [0.5, 0.6) is 0 Å². The van der Waals surface area contributed by atoms with E-state index in [4.69, 9.17) is 9.84 Å². The number of aryl methyl sites for hydroxylation is 1. The average molecular weight is 523 g/mol. The molecule has 1 unspecified atom stereocenters. The Bertz CT molecular complexity index is 1370. The predicted molar refractivity (Wildman–Crippen MR) is 139 cm³/mol. The zero-order valence-electron chi connectivity index (χ0n) is 21.7. The van der Waals surface area contributed by atoms with Crippen molar-refractivity contribution in [3.05, 3.63) is 59.6 Å². The molecular formula is C28H32F2N6O2. The summed E-state index contributed by atoms with van der Waals surface area (Å²) in [6.07, 6.45) is 6.20. The number of benzene rings is 1. The van der Waals surface area contributed by atoms with E-state index in [9.17, 15) is 13.6 Å². The second-order valence-electron chi connectivity index (χ2n) is 10.4. The maximum atomic E-state index is 13.1. The summed E-state index contributed by atoms with van der Waals surface area (Å²) >= 11 is 0. The molecule has 0 spiro atoms. The van der Waals surface area contributed by atoms with Crippen molar-refractivity contribution < 1.29 is 18.3 Å². The Balaban J connectivity index is 1.45. The van der Waals surface area contributed by atoms with Crippen LogP contribution in [0.25, 0.3) is 11.1 Å². The Hall–Kier alpha value is -3.53. The third kappa shape index (κ3) is 4.62. The van der Waals surface area contributed by atoms with Crippen LogP contribution in [0.15, 0.2) is 42.7 Å². The molecule has 1 amide bonds. The summed E-state index contributed by atoms with van der Waals surface area (Å²) in [6, 6.07) is 6.47. The van der Waals surface area contributed by atoms with E-state index in [1.807, 2.05) is 24.3 Å². The van der Waals surface area contributed by atoms with Gasteiger partial charge in [-0.1, -0.05) is 12.1 Å². The summed E-state index contributed by atoms with van der Waals surface area (Å²) in [7, 11) is 1.88. The average Bonchev–Trinajstić information content (AvgIpc) is 3.66. The van der Waals surface area contributed by atoms with Gasteiger partial charge in [-0.3, -0.25) is 14.2 Å². The van der Waals surface area contributed by atoms with Gasteiger partial charge in [-0.05, 0) is 48.1 Å². The van der Waals surface area contributed by atoms with Crippen molar-refractivity contribution in [3.8, 4) is 11.1 Å². The Morgan fingerprint density at radius 1 is 1.26 bits per heavy atom. The fourth-order valence-corrected chi connectivity index (χ4v) is 5.94. The molecule has 1 saturated heterocycles. The Morgan fingerprint density at radius 3 is 2.84 bits per heavy atom. The van der Waals surface area contributed by atoms with Gasteiger partial charge in [0.2, 0.25) is 5.91 Å². The molecule has 5 heterocycles. The van der Waals surface area contributed by atoms with Crippen LogP contribution < -0.4 is 4.90 Å². The largest absolute Gasteiger partial charge is 0.379 e.